The van der Waals surface area contributed by atoms with E-state index in [0.29, 0.717) is 13.0 Å². The van der Waals surface area contributed by atoms with Gasteiger partial charge < -0.3 is 4.74 Å². The Bertz CT molecular complexity index is 630. The van der Waals surface area contributed by atoms with Crippen molar-refractivity contribution in [1.29, 1.82) is 0 Å². The van der Waals surface area contributed by atoms with Gasteiger partial charge in [0.05, 0.1) is 5.60 Å². The van der Waals surface area contributed by atoms with Gasteiger partial charge in [-0.1, -0.05) is 52.4 Å². The zero-order valence-corrected chi connectivity index (χ0v) is 19.0. The van der Waals surface area contributed by atoms with Crippen LogP contribution < -0.4 is 0 Å². The summed E-state index contributed by atoms with van der Waals surface area (Å²) in [6.45, 7) is 10.4. The zero-order chi connectivity index (χ0) is 22.9. The van der Waals surface area contributed by atoms with E-state index < -0.39 is 40.3 Å². The summed E-state index contributed by atoms with van der Waals surface area (Å²) in [6.07, 6.45) is 8.23. The van der Waals surface area contributed by atoms with Gasteiger partial charge in [0.2, 0.25) is 5.82 Å². The molecule has 0 saturated heterocycles. The third-order valence-electron chi connectivity index (χ3n) is 5.95. The van der Waals surface area contributed by atoms with Crippen molar-refractivity contribution in [3.8, 4) is 0 Å². The smallest absolute Gasteiger partial charge is 0.200 e. The highest BCUT2D eigenvalue weighted by Crippen LogP contribution is 2.34. The summed E-state index contributed by atoms with van der Waals surface area (Å²) in [4.78, 5) is 0. The van der Waals surface area contributed by atoms with E-state index in [4.69, 9.17) is 4.74 Å². The lowest BCUT2D eigenvalue weighted by Crippen LogP contribution is -2.36. The first-order chi connectivity index (χ1) is 14.1. The van der Waals surface area contributed by atoms with Crippen molar-refractivity contribution in [1.82, 2.24) is 0 Å². The van der Waals surface area contributed by atoms with Crippen LogP contribution in [0.5, 0.6) is 0 Å². The van der Waals surface area contributed by atoms with Crippen molar-refractivity contribution >= 4 is 0 Å². The molecule has 2 atom stereocenters. The highest BCUT2D eigenvalue weighted by Gasteiger charge is 2.32. The molecular weight excluding hydrogens is 399 g/mol. The van der Waals surface area contributed by atoms with Crippen molar-refractivity contribution in [2.24, 2.45) is 11.8 Å². The highest BCUT2D eigenvalue weighted by molar-refractivity contribution is 5.24. The molecule has 0 fully saturated rings. The Kier molecular flexibility index (Phi) is 11.3. The Hall–Kier alpha value is -1.17. The molecule has 0 bridgehead atoms. The summed E-state index contributed by atoms with van der Waals surface area (Å²) in [5.74, 6) is -9.46. The molecule has 0 radical (unpaired) electrons. The minimum atomic E-state index is -2.11. The van der Waals surface area contributed by atoms with Gasteiger partial charge in [-0.25, -0.2) is 22.0 Å². The number of benzene rings is 1. The van der Waals surface area contributed by atoms with Gasteiger partial charge in [0, 0.05) is 12.2 Å². The molecule has 0 spiro atoms. The average molecular weight is 437 g/mol. The summed E-state index contributed by atoms with van der Waals surface area (Å²) in [6, 6.07) is 0. The number of unbranched alkanes of at least 4 members (excludes halogenated alkanes) is 5. The van der Waals surface area contributed by atoms with Crippen molar-refractivity contribution in [2.45, 2.75) is 98.0 Å². The molecule has 0 aliphatic carbocycles. The fourth-order valence-electron chi connectivity index (χ4n) is 4.16. The molecule has 1 aromatic rings. The van der Waals surface area contributed by atoms with E-state index in [1.165, 1.54) is 25.7 Å². The Morgan fingerprint density at radius 3 is 1.80 bits per heavy atom. The molecule has 0 aromatic heterocycles. The van der Waals surface area contributed by atoms with Gasteiger partial charge in [-0.05, 0) is 51.9 Å². The maximum atomic E-state index is 14.1. The quantitative estimate of drug-likeness (QED) is 0.124. The number of ether oxygens (including phenoxy) is 1. The number of rotatable bonds is 14. The average Bonchev–Trinajstić information content (AvgIpc) is 2.69. The summed E-state index contributed by atoms with van der Waals surface area (Å²) >= 11 is 0. The minimum Gasteiger partial charge on any atom is -0.376 e. The molecule has 0 aliphatic heterocycles. The van der Waals surface area contributed by atoms with Gasteiger partial charge in [-0.2, -0.15) is 0 Å². The van der Waals surface area contributed by atoms with Crippen LogP contribution in [0.1, 0.15) is 91.5 Å². The van der Waals surface area contributed by atoms with Crippen molar-refractivity contribution in [3.05, 3.63) is 34.6 Å². The molecule has 1 nitrogen and oxygen atoms in total. The van der Waals surface area contributed by atoms with Gasteiger partial charge >= 0.3 is 0 Å². The van der Waals surface area contributed by atoms with Gasteiger partial charge in [0.25, 0.3) is 0 Å². The topological polar surface area (TPSA) is 9.23 Å². The second-order valence-electron chi connectivity index (χ2n) is 8.88. The fraction of sp³-hybridized carbons (Fsp3) is 0.750. The van der Waals surface area contributed by atoms with E-state index in [1.54, 1.807) is 6.92 Å². The van der Waals surface area contributed by atoms with Gasteiger partial charge in [-0.15, -0.1) is 0 Å². The van der Waals surface area contributed by atoms with Crippen LogP contribution >= 0.6 is 0 Å². The Morgan fingerprint density at radius 2 is 1.27 bits per heavy atom. The fourth-order valence-corrected chi connectivity index (χ4v) is 4.16. The largest absolute Gasteiger partial charge is 0.376 e. The molecule has 0 N–H and O–H groups in total. The van der Waals surface area contributed by atoms with Crippen LogP contribution in [0.15, 0.2) is 0 Å². The SMILES string of the molecule is CCCCCCCCC(CC(C)Cc1c(F)c(F)c(F)c(F)c1F)C(C)(C)OCC. The molecule has 30 heavy (non-hydrogen) atoms. The molecule has 0 saturated carbocycles. The molecule has 174 valence electrons. The second-order valence-corrected chi connectivity index (χ2v) is 8.88. The summed E-state index contributed by atoms with van der Waals surface area (Å²) < 4.78 is 74.4. The number of halogens is 5. The summed E-state index contributed by atoms with van der Waals surface area (Å²) in [5, 5.41) is 0. The predicted octanol–water partition coefficient (Wildman–Crippen LogP) is 8.13. The molecule has 1 rings (SSSR count). The van der Waals surface area contributed by atoms with Crippen LogP contribution in [0.4, 0.5) is 22.0 Å². The normalized spacial score (nSPS) is 14.2. The lowest BCUT2D eigenvalue weighted by molar-refractivity contribution is -0.0636. The van der Waals surface area contributed by atoms with Crippen LogP contribution in [-0.4, -0.2) is 12.2 Å². The number of hydrogen-bond donors (Lipinski definition) is 0. The monoisotopic (exact) mass is 436 g/mol. The van der Waals surface area contributed by atoms with E-state index in [9.17, 15) is 22.0 Å². The van der Waals surface area contributed by atoms with Crippen LogP contribution in [0.25, 0.3) is 0 Å². The first-order valence-corrected chi connectivity index (χ1v) is 11.2. The van der Waals surface area contributed by atoms with Gasteiger partial charge in [0.1, 0.15) is 0 Å². The molecule has 0 heterocycles. The Morgan fingerprint density at radius 1 is 0.767 bits per heavy atom. The van der Waals surface area contributed by atoms with Crippen molar-refractivity contribution in [2.75, 3.05) is 6.61 Å². The van der Waals surface area contributed by atoms with E-state index in [0.717, 1.165) is 19.3 Å². The van der Waals surface area contributed by atoms with Crippen molar-refractivity contribution < 1.29 is 26.7 Å². The highest BCUT2D eigenvalue weighted by atomic mass is 19.2. The van der Waals surface area contributed by atoms with Crippen LogP contribution in [0.2, 0.25) is 0 Å². The number of hydrogen-bond acceptors (Lipinski definition) is 1. The molecule has 2 unspecified atom stereocenters. The van der Waals surface area contributed by atoms with E-state index >= 15 is 0 Å². The second kappa shape index (κ2) is 12.6. The van der Waals surface area contributed by atoms with E-state index in [2.05, 4.69) is 6.92 Å². The molecule has 0 amide bonds. The predicted molar refractivity (Wildman–Crippen MR) is 111 cm³/mol. The summed E-state index contributed by atoms with van der Waals surface area (Å²) in [7, 11) is 0. The summed E-state index contributed by atoms with van der Waals surface area (Å²) in [5.41, 5.74) is -1.16. The Labute approximate surface area is 178 Å². The van der Waals surface area contributed by atoms with Gasteiger partial charge in [0.15, 0.2) is 23.3 Å². The minimum absolute atomic E-state index is 0.125. The van der Waals surface area contributed by atoms with Crippen molar-refractivity contribution in [3.63, 3.8) is 0 Å². The maximum absolute atomic E-state index is 14.1. The van der Waals surface area contributed by atoms with E-state index in [-0.39, 0.29) is 18.3 Å². The van der Waals surface area contributed by atoms with Gasteiger partial charge in [-0.3, -0.25) is 0 Å². The lowest BCUT2D eigenvalue weighted by Gasteiger charge is -2.36. The standard InChI is InChI=1S/C24H37F5O/c1-6-8-9-10-11-12-13-17(24(4,5)30-7-2)14-16(3)15-18-19(25)21(27)23(29)22(28)20(18)26/h16-17H,6-15H2,1-5H3. The van der Waals surface area contributed by atoms with Crippen LogP contribution in [-0.2, 0) is 11.2 Å². The van der Waals surface area contributed by atoms with Crippen LogP contribution in [0, 0.1) is 40.9 Å². The Balaban J connectivity index is 2.86. The molecule has 6 heteroatoms. The van der Waals surface area contributed by atoms with E-state index in [1.807, 2.05) is 20.8 Å². The third kappa shape index (κ3) is 7.51. The maximum Gasteiger partial charge on any atom is 0.200 e. The zero-order valence-electron chi connectivity index (χ0n) is 19.0. The molecular formula is C24H37F5O. The first-order valence-electron chi connectivity index (χ1n) is 11.2. The first kappa shape index (κ1) is 26.9. The third-order valence-corrected chi connectivity index (χ3v) is 5.95. The molecule has 0 aliphatic rings. The molecule has 1 aromatic carbocycles. The van der Waals surface area contributed by atoms with Crippen LogP contribution in [0.3, 0.4) is 0 Å². The lowest BCUT2D eigenvalue weighted by atomic mass is 9.78.